The van der Waals surface area contributed by atoms with E-state index in [9.17, 15) is 18.0 Å². The first-order chi connectivity index (χ1) is 9.85. The van der Waals surface area contributed by atoms with Gasteiger partial charge in [-0.2, -0.15) is 13.2 Å². The first-order valence-corrected chi connectivity index (χ1v) is 7.57. The SMILES string of the molecule is NCC1(CC(=O)Nc2nnc(C(F)(F)F)s2)CCCCC1. The molecule has 1 aromatic rings. The Morgan fingerprint density at radius 1 is 1.29 bits per heavy atom. The highest BCUT2D eigenvalue weighted by Crippen LogP contribution is 2.39. The van der Waals surface area contributed by atoms with Crippen LogP contribution in [-0.2, 0) is 11.0 Å². The van der Waals surface area contributed by atoms with Gasteiger partial charge in [0, 0.05) is 6.42 Å². The van der Waals surface area contributed by atoms with E-state index in [0.717, 1.165) is 32.1 Å². The van der Waals surface area contributed by atoms with E-state index in [1.54, 1.807) is 0 Å². The van der Waals surface area contributed by atoms with Crippen LogP contribution < -0.4 is 11.1 Å². The van der Waals surface area contributed by atoms with Crippen LogP contribution in [-0.4, -0.2) is 22.6 Å². The van der Waals surface area contributed by atoms with Gasteiger partial charge < -0.3 is 11.1 Å². The number of hydrogen-bond donors (Lipinski definition) is 2. The van der Waals surface area contributed by atoms with Crippen molar-refractivity contribution in [2.24, 2.45) is 11.1 Å². The van der Waals surface area contributed by atoms with Crippen molar-refractivity contribution in [1.29, 1.82) is 0 Å². The van der Waals surface area contributed by atoms with Crippen LogP contribution in [0.4, 0.5) is 18.3 Å². The first-order valence-electron chi connectivity index (χ1n) is 6.75. The Balaban J connectivity index is 1.96. The van der Waals surface area contributed by atoms with Gasteiger partial charge in [-0.1, -0.05) is 30.6 Å². The molecule has 1 fully saturated rings. The molecule has 2 rings (SSSR count). The van der Waals surface area contributed by atoms with Crippen molar-refractivity contribution < 1.29 is 18.0 Å². The maximum Gasteiger partial charge on any atom is 0.445 e. The molecule has 1 amide bonds. The molecule has 0 saturated heterocycles. The summed E-state index contributed by atoms with van der Waals surface area (Å²) in [6.45, 7) is 0.407. The van der Waals surface area contributed by atoms with Crippen LogP contribution in [0.15, 0.2) is 0 Å². The van der Waals surface area contributed by atoms with Crippen LogP contribution in [0.3, 0.4) is 0 Å². The molecule has 118 valence electrons. The molecular formula is C12H17F3N4OS. The summed E-state index contributed by atoms with van der Waals surface area (Å²) in [4.78, 5) is 12.0. The van der Waals surface area contributed by atoms with Crippen LogP contribution in [0.25, 0.3) is 0 Å². The lowest BCUT2D eigenvalue weighted by Crippen LogP contribution is -2.36. The fraction of sp³-hybridized carbons (Fsp3) is 0.750. The zero-order valence-electron chi connectivity index (χ0n) is 11.4. The number of nitrogens with one attached hydrogen (secondary N) is 1. The highest BCUT2D eigenvalue weighted by molar-refractivity contribution is 7.15. The van der Waals surface area contributed by atoms with E-state index < -0.39 is 11.2 Å². The topological polar surface area (TPSA) is 80.9 Å². The van der Waals surface area contributed by atoms with E-state index in [0.29, 0.717) is 17.9 Å². The van der Waals surface area contributed by atoms with Crippen molar-refractivity contribution in [3.63, 3.8) is 0 Å². The third kappa shape index (κ3) is 4.13. The predicted molar refractivity (Wildman–Crippen MR) is 72.7 cm³/mol. The third-order valence-corrected chi connectivity index (χ3v) is 4.68. The Kier molecular flexibility index (Phi) is 4.82. The van der Waals surface area contributed by atoms with Crippen molar-refractivity contribution in [1.82, 2.24) is 10.2 Å². The zero-order valence-corrected chi connectivity index (χ0v) is 12.2. The number of hydrogen-bond acceptors (Lipinski definition) is 5. The Morgan fingerprint density at radius 2 is 1.95 bits per heavy atom. The molecule has 0 atom stereocenters. The van der Waals surface area contributed by atoms with Gasteiger partial charge in [0.15, 0.2) is 0 Å². The van der Waals surface area contributed by atoms with E-state index >= 15 is 0 Å². The lowest BCUT2D eigenvalue weighted by atomic mass is 9.72. The van der Waals surface area contributed by atoms with Gasteiger partial charge in [0.25, 0.3) is 0 Å². The predicted octanol–water partition coefficient (Wildman–Crippen LogP) is 2.79. The number of halogens is 3. The van der Waals surface area contributed by atoms with Crippen LogP contribution >= 0.6 is 11.3 Å². The maximum atomic E-state index is 12.4. The van der Waals surface area contributed by atoms with Gasteiger partial charge in [0.05, 0.1) is 0 Å². The van der Waals surface area contributed by atoms with Crippen molar-refractivity contribution in [3.8, 4) is 0 Å². The second-order valence-electron chi connectivity index (χ2n) is 5.40. The summed E-state index contributed by atoms with van der Waals surface area (Å²) in [5.74, 6) is -0.354. The lowest BCUT2D eigenvalue weighted by molar-refractivity contribution is -0.138. The van der Waals surface area contributed by atoms with Crippen LogP contribution in [0.2, 0.25) is 0 Å². The van der Waals surface area contributed by atoms with E-state index in [2.05, 4.69) is 15.5 Å². The number of carbonyl (C=O) groups excluding carboxylic acids is 1. The second-order valence-corrected chi connectivity index (χ2v) is 6.38. The van der Waals surface area contributed by atoms with E-state index in [4.69, 9.17) is 5.73 Å². The Labute approximate surface area is 124 Å². The quantitative estimate of drug-likeness (QED) is 0.893. The standard InChI is InChI=1S/C12H17F3N4OS/c13-12(14,15)9-18-19-10(21-9)17-8(20)6-11(7-16)4-2-1-3-5-11/h1-7,16H2,(H,17,19,20). The molecule has 1 saturated carbocycles. The highest BCUT2D eigenvalue weighted by Gasteiger charge is 2.36. The van der Waals surface area contributed by atoms with Crippen molar-refractivity contribution in [3.05, 3.63) is 5.01 Å². The Morgan fingerprint density at radius 3 is 2.48 bits per heavy atom. The second kappa shape index (κ2) is 6.27. The molecule has 0 aromatic carbocycles. The molecule has 3 N–H and O–H groups in total. The molecule has 1 heterocycles. The van der Waals surface area contributed by atoms with E-state index in [1.165, 1.54) is 0 Å². The summed E-state index contributed by atoms with van der Waals surface area (Å²) >= 11 is 0.326. The molecule has 1 aliphatic rings. The van der Waals surface area contributed by atoms with Gasteiger partial charge in [0.2, 0.25) is 16.0 Å². The summed E-state index contributed by atoms with van der Waals surface area (Å²) < 4.78 is 37.2. The number of nitrogens with two attached hydrogens (primary N) is 1. The van der Waals surface area contributed by atoms with Gasteiger partial charge >= 0.3 is 6.18 Å². The Bertz CT molecular complexity index is 497. The molecule has 5 nitrogen and oxygen atoms in total. The number of anilines is 1. The normalized spacial score (nSPS) is 18.5. The minimum absolute atomic E-state index is 0.129. The molecule has 1 aliphatic carbocycles. The van der Waals surface area contributed by atoms with Crippen LogP contribution in [0.5, 0.6) is 0 Å². The smallest absolute Gasteiger partial charge is 0.330 e. The number of amides is 1. The maximum absolute atomic E-state index is 12.4. The van der Waals surface area contributed by atoms with E-state index in [1.807, 2.05) is 0 Å². The van der Waals surface area contributed by atoms with Gasteiger partial charge in [-0.25, -0.2) is 0 Å². The zero-order chi connectivity index (χ0) is 15.5. The summed E-state index contributed by atoms with van der Waals surface area (Å²) in [5, 5.41) is 7.57. The Hall–Kier alpha value is -1.22. The molecule has 1 aromatic heterocycles. The van der Waals surface area contributed by atoms with E-state index in [-0.39, 0.29) is 22.9 Å². The molecule has 0 aliphatic heterocycles. The van der Waals surface area contributed by atoms with Crippen LogP contribution in [0, 0.1) is 5.41 Å². The molecule has 9 heteroatoms. The molecule has 21 heavy (non-hydrogen) atoms. The minimum atomic E-state index is -4.54. The minimum Gasteiger partial charge on any atom is -0.330 e. The molecule has 0 unspecified atom stereocenters. The van der Waals surface area contributed by atoms with Gasteiger partial charge in [-0.15, -0.1) is 10.2 Å². The highest BCUT2D eigenvalue weighted by atomic mass is 32.1. The summed E-state index contributed by atoms with van der Waals surface area (Å²) in [7, 11) is 0. The molecule has 0 bridgehead atoms. The summed E-state index contributed by atoms with van der Waals surface area (Å²) in [6.07, 6.45) is 0.617. The van der Waals surface area contributed by atoms with Gasteiger partial charge in [0.1, 0.15) is 0 Å². The average molecular weight is 322 g/mol. The summed E-state index contributed by atoms with van der Waals surface area (Å²) in [6, 6.07) is 0. The molecule has 0 radical (unpaired) electrons. The number of alkyl halides is 3. The van der Waals surface area contributed by atoms with Gasteiger partial charge in [-0.05, 0) is 24.8 Å². The number of rotatable bonds is 4. The monoisotopic (exact) mass is 322 g/mol. The fourth-order valence-electron chi connectivity index (χ4n) is 2.65. The van der Waals surface area contributed by atoms with Crippen molar-refractivity contribution in [2.75, 3.05) is 11.9 Å². The van der Waals surface area contributed by atoms with Crippen LogP contribution in [0.1, 0.15) is 43.5 Å². The number of carbonyl (C=O) groups is 1. The fourth-order valence-corrected chi connectivity index (χ4v) is 3.27. The van der Waals surface area contributed by atoms with Gasteiger partial charge in [-0.3, -0.25) is 4.79 Å². The third-order valence-electron chi connectivity index (χ3n) is 3.80. The largest absolute Gasteiger partial charge is 0.445 e. The van der Waals surface area contributed by atoms with Crippen molar-refractivity contribution >= 4 is 22.4 Å². The molecular weight excluding hydrogens is 305 g/mol. The average Bonchev–Trinajstić information content (AvgIpc) is 2.88. The number of aromatic nitrogens is 2. The first kappa shape index (κ1) is 16.2. The summed E-state index contributed by atoms with van der Waals surface area (Å²) in [5.41, 5.74) is 5.55. The molecule has 0 spiro atoms. The lowest BCUT2D eigenvalue weighted by Gasteiger charge is -2.35. The number of nitrogens with zero attached hydrogens (tertiary/aromatic N) is 2. The van der Waals surface area contributed by atoms with Crippen molar-refractivity contribution in [2.45, 2.75) is 44.7 Å².